The Morgan fingerprint density at radius 1 is 1.04 bits per heavy atom. The van der Waals surface area contributed by atoms with Gasteiger partial charge in [-0.25, -0.2) is 4.79 Å². The molecule has 5 nitrogen and oxygen atoms in total. The molecule has 0 bridgehead atoms. The molecule has 0 aliphatic rings. The van der Waals surface area contributed by atoms with Crippen LogP contribution in [-0.4, -0.2) is 16.0 Å². The average molecular weight is 326 g/mol. The number of nitrogens with zero attached hydrogens (tertiary/aromatic N) is 2. The topological polar surface area (TPSA) is 66.9 Å². The van der Waals surface area contributed by atoms with E-state index >= 15 is 0 Å². The lowest BCUT2D eigenvalue weighted by atomic mass is 9.93. The summed E-state index contributed by atoms with van der Waals surface area (Å²) in [7, 11) is 0. The van der Waals surface area contributed by atoms with Crippen molar-refractivity contribution < 1.29 is 4.79 Å². The number of carbonyl (C=O) groups is 1. The number of carbonyl (C=O) groups excluding carboxylic acids is 1. The molecule has 2 N–H and O–H groups in total. The van der Waals surface area contributed by atoms with Gasteiger partial charge < -0.3 is 10.6 Å². The zero-order chi connectivity index (χ0) is 17.7. The van der Waals surface area contributed by atoms with Crippen molar-refractivity contribution in [1.29, 1.82) is 0 Å². The quantitative estimate of drug-likeness (QED) is 0.858. The van der Waals surface area contributed by atoms with Crippen LogP contribution < -0.4 is 10.6 Å². The molecule has 2 aromatic rings. The second-order valence-corrected chi connectivity index (χ2v) is 6.58. The van der Waals surface area contributed by atoms with E-state index in [4.69, 9.17) is 0 Å². The molecule has 128 valence electrons. The standard InChI is InChI=1S/C19H26N4O/c1-12(2)16-7-6-8-17(13(3)4)18(16)23-19(24)22-11-15-10-20-14(5)9-21-15/h6-10,12-13H,11H2,1-5H3,(H2,22,23,24). The predicted octanol–water partition coefficient (Wildman–Crippen LogP) is 4.35. The molecule has 1 aromatic carbocycles. The number of aromatic nitrogens is 2. The van der Waals surface area contributed by atoms with E-state index in [1.54, 1.807) is 12.4 Å². The third-order valence-electron chi connectivity index (χ3n) is 3.88. The molecular formula is C19H26N4O. The van der Waals surface area contributed by atoms with Gasteiger partial charge in [0.05, 0.1) is 24.1 Å². The molecule has 0 aliphatic carbocycles. The Bertz CT molecular complexity index is 667. The van der Waals surface area contributed by atoms with Gasteiger partial charge in [-0.3, -0.25) is 9.97 Å². The highest BCUT2D eigenvalue weighted by atomic mass is 16.2. The molecule has 0 fully saturated rings. The monoisotopic (exact) mass is 326 g/mol. The number of rotatable bonds is 5. The molecule has 0 saturated carbocycles. The van der Waals surface area contributed by atoms with Crippen LogP contribution in [0.1, 0.15) is 62.0 Å². The lowest BCUT2D eigenvalue weighted by Crippen LogP contribution is -2.29. The maximum absolute atomic E-state index is 12.3. The second-order valence-electron chi connectivity index (χ2n) is 6.58. The third-order valence-corrected chi connectivity index (χ3v) is 3.88. The van der Waals surface area contributed by atoms with Gasteiger partial charge >= 0.3 is 6.03 Å². The van der Waals surface area contributed by atoms with Crippen LogP contribution in [0.4, 0.5) is 10.5 Å². The van der Waals surface area contributed by atoms with Crippen molar-refractivity contribution in [3.63, 3.8) is 0 Å². The Labute approximate surface area is 143 Å². The Morgan fingerprint density at radius 2 is 1.67 bits per heavy atom. The average Bonchev–Trinajstić information content (AvgIpc) is 2.54. The van der Waals surface area contributed by atoms with Crippen molar-refractivity contribution in [2.75, 3.05) is 5.32 Å². The van der Waals surface area contributed by atoms with E-state index < -0.39 is 0 Å². The van der Waals surface area contributed by atoms with Gasteiger partial charge in [0.15, 0.2) is 0 Å². The first kappa shape index (κ1) is 17.9. The van der Waals surface area contributed by atoms with Crippen LogP contribution in [0.3, 0.4) is 0 Å². The Kier molecular flexibility index (Phi) is 5.90. The molecule has 1 heterocycles. The molecule has 0 saturated heterocycles. The van der Waals surface area contributed by atoms with E-state index in [0.717, 1.165) is 28.2 Å². The summed E-state index contributed by atoms with van der Waals surface area (Å²) in [6.45, 7) is 10.7. The molecule has 0 unspecified atom stereocenters. The first-order valence-corrected chi connectivity index (χ1v) is 8.33. The highest BCUT2D eigenvalue weighted by Crippen LogP contribution is 2.32. The maximum atomic E-state index is 12.3. The number of nitrogens with one attached hydrogen (secondary N) is 2. The lowest BCUT2D eigenvalue weighted by molar-refractivity contribution is 0.251. The summed E-state index contributed by atoms with van der Waals surface area (Å²) in [5.74, 6) is 0.670. The summed E-state index contributed by atoms with van der Waals surface area (Å²) < 4.78 is 0. The van der Waals surface area contributed by atoms with Gasteiger partial charge in [-0.2, -0.15) is 0 Å². The lowest BCUT2D eigenvalue weighted by Gasteiger charge is -2.20. The van der Waals surface area contributed by atoms with Crippen LogP contribution in [0, 0.1) is 6.92 Å². The maximum Gasteiger partial charge on any atom is 0.319 e. The summed E-state index contributed by atoms with van der Waals surface area (Å²) in [6.07, 6.45) is 3.37. The summed E-state index contributed by atoms with van der Waals surface area (Å²) >= 11 is 0. The van der Waals surface area contributed by atoms with Crippen molar-refractivity contribution in [2.24, 2.45) is 0 Å². The zero-order valence-corrected chi connectivity index (χ0v) is 15.1. The molecule has 5 heteroatoms. The minimum absolute atomic E-state index is 0.229. The first-order valence-electron chi connectivity index (χ1n) is 8.33. The van der Waals surface area contributed by atoms with Gasteiger partial charge in [-0.1, -0.05) is 45.9 Å². The SMILES string of the molecule is Cc1cnc(CNC(=O)Nc2c(C(C)C)cccc2C(C)C)cn1. The van der Waals surface area contributed by atoms with Crippen LogP contribution >= 0.6 is 0 Å². The predicted molar refractivity (Wildman–Crippen MR) is 97.2 cm³/mol. The van der Waals surface area contributed by atoms with E-state index in [2.05, 4.69) is 66.5 Å². The molecule has 2 rings (SSSR count). The number of urea groups is 1. The molecular weight excluding hydrogens is 300 g/mol. The van der Waals surface area contributed by atoms with Crippen LogP contribution in [0.5, 0.6) is 0 Å². The van der Waals surface area contributed by atoms with Crippen LogP contribution in [-0.2, 0) is 6.54 Å². The van der Waals surface area contributed by atoms with Gasteiger partial charge in [-0.15, -0.1) is 0 Å². The van der Waals surface area contributed by atoms with Crippen molar-refractivity contribution in [2.45, 2.75) is 53.0 Å². The molecule has 0 spiro atoms. The normalized spacial score (nSPS) is 11.0. The van der Waals surface area contributed by atoms with Crippen LogP contribution in [0.25, 0.3) is 0 Å². The fourth-order valence-electron chi connectivity index (χ4n) is 2.53. The van der Waals surface area contributed by atoms with E-state index in [0.29, 0.717) is 18.4 Å². The third kappa shape index (κ3) is 4.54. The van der Waals surface area contributed by atoms with E-state index in [1.165, 1.54) is 0 Å². The highest BCUT2D eigenvalue weighted by Gasteiger charge is 2.15. The van der Waals surface area contributed by atoms with Gasteiger partial charge in [-0.05, 0) is 29.9 Å². The smallest absolute Gasteiger partial charge is 0.319 e. The number of hydrogen-bond acceptors (Lipinski definition) is 3. The van der Waals surface area contributed by atoms with Gasteiger partial charge in [0.25, 0.3) is 0 Å². The Balaban J connectivity index is 2.11. The number of anilines is 1. The van der Waals surface area contributed by atoms with E-state index in [9.17, 15) is 4.79 Å². The summed E-state index contributed by atoms with van der Waals surface area (Å²) in [6, 6.07) is 5.96. The molecule has 2 amide bonds. The van der Waals surface area contributed by atoms with Crippen molar-refractivity contribution in [1.82, 2.24) is 15.3 Å². The highest BCUT2D eigenvalue weighted by molar-refractivity contribution is 5.91. The van der Waals surface area contributed by atoms with E-state index in [-0.39, 0.29) is 6.03 Å². The number of benzene rings is 1. The van der Waals surface area contributed by atoms with Crippen molar-refractivity contribution >= 4 is 11.7 Å². The van der Waals surface area contributed by atoms with Crippen molar-refractivity contribution in [3.8, 4) is 0 Å². The number of aryl methyl sites for hydroxylation is 1. The van der Waals surface area contributed by atoms with Crippen molar-refractivity contribution in [3.05, 3.63) is 53.1 Å². The van der Waals surface area contributed by atoms with Gasteiger partial charge in [0.2, 0.25) is 0 Å². The minimum atomic E-state index is -0.229. The Morgan fingerprint density at radius 3 is 2.17 bits per heavy atom. The summed E-state index contributed by atoms with van der Waals surface area (Å²) in [4.78, 5) is 20.8. The molecule has 1 aromatic heterocycles. The summed E-state index contributed by atoms with van der Waals surface area (Å²) in [5.41, 5.74) is 4.79. The van der Waals surface area contributed by atoms with Crippen LogP contribution in [0.2, 0.25) is 0 Å². The largest absolute Gasteiger partial charge is 0.332 e. The molecule has 0 aliphatic heterocycles. The fraction of sp³-hybridized carbons (Fsp3) is 0.421. The molecule has 0 radical (unpaired) electrons. The number of amides is 2. The first-order chi connectivity index (χ1) is 11.4. The van der Waals surface area contributed by atoms with Gasteiger partial charge in [0, 0.05) is 11.9 Å². The zero-order valence-electron chi connectivity index (χ0n) is 15.1. The van der Waals surface area contributed by atoms with E-state index in [1.807, 2.05) is 6.92 Å². The molecule has 0 atom stereocenters. The van der Waals surface area contributed by atoms with Crippen LogP contribution in [0.15, 0.2) is 30.6 Å². The minimum Gasteiger partial charge on any atom is -0.332 e. The summed E-state index contributed by atoms with van der Waals surface area (Å²) in [5, 5.41) is 5.87. The Hall–Kier alpha value is -2.43. The second kappa shape index (κ2) is 7.90. The van der Waals surface area contributed by atoms with Gasteiger partial charge in [0.1, 0.15) is 0 Å². The number of para-hydroxylation sites is 1. The number of hydrogen-bond donors (Lipinski definition) is 2. The molecule has 24 heavy (non-hydrogen) atoms. The fourth-order valence-corrected chi connectivity index (χ4v) is 2.53.